The summed E-state index contributed by atoms with van der Waals surface area (Å²) in [5.74, 6) is 0.243. The predicted octanol–water partition coefficient (Wildman–Crippen LogP) is 3.19. The molecular formula is C15H16ClNO3. The van der Waals surface area contributed by atoms with E-state index in [2.05, 4.69) is 18.7 Å². The molecule has 0 amide bonds. The molecule has 0 atom stereocenters. The van der Waals surface area contributed by atoms with Crippen LogP contribution in [0.3, 0.4) is 0 Å². The van der Waals surface area contributed by atoms with Crippen LogP contribution >= 0.6 is 11.6 Å². The highest BCUT2D eigenvalue weighted by atomic mass is 35.5. The van der Waals surface area contributed by atoms with Crippen LogP contribution in [0.1, 0.15) is 29.8 Å². The molecule has 1 heterocycles. The van der Waals surface area contributed by atoms with E-state index in [1.165, 1.54) is 6.07 Å². The predicted molar refractivity (Wildman–Crippen MR) is 81.0 cm³/mol. The molecule has 0 saturated heterocycles. The molecule has 1 aromatic carbocycles. The molecule has 20 heavy (non-hydrogen) atoms. The number of aldehydes is 1. The molecule has 2 rings (SSSR count). The fraction of sp³-hybridized carbons (Fsp3) is 0.333. The molecule has 0 bridgehead atoms. The maximum absolute atomic E-state index is 11.7. The van der Waals surface area contributed by atoms with Crippen LogP contribution in [-0.2, 0) is 5.88 Å². The molecular weight excluding hydrogens is 278 g/mol. The Labute approximate surface area is 121 Å². The highest BCUT2D eigenvalue weighted by Crippen LogP contribution is 2.30. The number of anilines is 1. The maximum Gasteiger partial charge on any atom is 0.346 e. The summed E-state index contributed by atoms with van der Waals surface area (Å²) < 4.78 is 5.29. The van der Waals surface area contributed by atoms with E-state index in [1.807, 2.05) is 12.1 Å². The Bertz CT molecular complexity index is 689. The number of nitrogens with zero attached hydrogens (tertiary/aromatic N) is 1. The van der Waals surface area contributed by atoms with Crippen LogP contribution in [0.25, 0.3) is 11.0 Å². The Morgan fingerprint density at radius 2 is 2.00 bits per heavy atom. The van der Waals surface area contributed by atoms with Crippen LogP contribution in [0.15, 0.2) is 27.4 Å². The number of alkyl halides is 1. The number of hydrogen-bond acceptors (Lipinski definition) is 4. The van der Waals surface area contributed by atoms with E-state index < -0.39 is 5.63 Å². The molecule has 0 spiro atoms. The average Bonchev–Trinajstić information content (AvgIpc) is 2.47. The lowest BCUT2D eigenvalue weighted by molar-refractivity contribution is 0.112. The van der Waals surface area contributed by atoms with E-state index in [0.717, 1.165) is 24.3 Å². The van der Waals surface area contributed by atoms with Gasteiger partial charge in [-0.15, -0.1) is 11.6 Å². The van der Waals surface area contributed by atoms with Gasteiger partial charge in [-0.3, -0.25) is 4.79 Å². The van der Waals surface area contributed by atoms with E-state index in [-0.39, 0.29) is 11.4 Å². The average molecular weight is 294 g/mol. The van der Waals surface area contributed by atoms with Gasteiger partial charge in [0.25, 0.3) is 0 Å². The van der Waals surface area contributed by atoms with Crippen LogP contribution < -0.4 is 10.5 Å². The highest BCUT2D eigenvalue weighted by Gasteiger charge is 2.15. The zero-order valence-corrected chi connectivity index (χ0v) is 12.2. The maximum atomic E-state index is 11.7. The molecule has 1 aromatic heterocycles. The van der Waals surface area contributed by atoms with Gasteiger partial charge in [0.05, 0.1) is 5.88 Å². The van der Waals surface area contributed by atoms with Gasteiger partial charge in [-0.2, -0.15) is 0 Å². The second-order valence-electron chi connectivity index (χ2n) is 4.39. The second kappa shape index (κ2) is 6.09. The van der Waals surface area contributed by atoms with Gasteiger partial charge in [-0.25, -0.2) is 4.79 Å². The molecule has 106 valence electrons. The first kappa shape index (κ1) is 14.6. The lowest BCUT2D eigenvalue weighted by Crippen LogP contribution is -2.23. The van der Waals surface area contributed by atoms with Crippen molar-refractivity contribution in [3.8, 4) is 0 Å². The van der Waals surface area contributed by atoms with Crippen molar-refractivity contribution in [3.05, 3.63) is 39.7 Å². The van der Waals surface area contributed by atoms with E-state index in [9.17, 15) is 9.59 Å². The van der Waals surface area contributed by atoms with Crippen LogP contribution in [-0.4, -0.2) is 19.4 Å². The van der Waals surface area contributed by atoms with Gasteiger partial charge < -0.3 is 9.32 Å². The summed E-state index contributed by atoms with van der Waals surface area (Å²) in [5, 5.41) is 0.707. The molecule has 5 heteroatoms. The molecule has 0 aliphatic carbocycles. The normalized spacial score (nSPS) is 10.8. The summed E-state index contributed by atoms with van der Waals surface area (Å²) in [4.78, 5) is 24.6. The van der Waals surface area contributed by atoms with Gasteiger partial charge in [0.15, 0.2) is 6.29 Å². The van der Waals surface area contributed by atoms with Gasteiger partial charge in [0.1, 0.15) is 11.1 Å². The summed E-state index contributed by atoms with van der Waals surface area (Å²) in [7, 11) is 0. The second-order valence-corrected chi connectivity index (χ2v) is 4.66. The minimum atomic E-state index is -0.629. The van der Waals surface area contributed by atoms with Crippen LogP contribution in [0.5, 0.6) is 0 Å². The van der Waals surface area contributed by atoms with Crippen molar-refractivity contribution in [1.29, 1.82) is 0 Å². The van der Waals surface area contributed by atoms with Crippen molar-refractivity contribution >= 4 is 34.5 Å². The van der Waals surface area contributed by atoms with E-state index in [4.69, 9.17) is 16.0 Å². The molecule has 0 saturated carbocycles. The minimum Gasteiger partial charge on any atom is -0.422 e. The lowest BCUT2D eigenvalue weighted by atomic mass is 10.1. The van der Waals surface area contributed by atoms with Crippen LogP contribution in [0.4, 0.5) is 5.69 Å². The number of rotatable bonds is 5. The van der Waals surface area contributed by atoms with Gasteiger partial charge in [-0.05, 0) is 32.0 Å². The third-order valence-corrected chi connectivity index (χ3v) is 3.64. The van der Waals surface area contributed by atoms with Crippen molar-refractivity contribution in [2.45, 2.75) is 19.7 Å². The first-order valence-corrected chi connectivity index (χ1v) is 7.05. The summed E-state index contributed by atoms with van der Waals surface area (Å²) >= 11 is 6.04. The smallest absolute Gasteiger partial charge is 0.346 e. The molecule has 0 unspecified atom stereocenters. The van der Waals surface area contributed by atoms with E-state index >= 15 is 0 Å². The number of benzene rings is 1. The number of hydrogen-bond donors (Lipinski definition) is 0. The van der Waals surface area contributed by atoms with E-state index in [0.29, 0.717) is 17.3 Å². The summed E-state index contributed by atoms with van der Waals surface area (Å²) in [5.41, 5.74) is 1.59. The lowest BCUT2D eigenvalue weighted by Gasteiger charge is -2.24. The largest absolute Gasteiger partial charge is 0.422 e. The Hall–Kier alpha value is -1.81. The van der Waals surface area contributed by atoms with Crippen molar-refractivity contribution in [1.82, 2.24) is 0 Å². The SMILES string of the molecule is CCN(CC)c1ccc2cc(C=O)c(=O)oc2c1CCl. The fourth-order valence-corrected chi connectivity index (χ4v) is 2.58. The zero-order chi connectivity index (χ0) is 14.7. The summed E-state index contributed by atoms with van der Waals surface area (Å²) in [6, 6.07) is 5.33. The molecule has 0 fully saturated rings. The van der Waals surface area contributed by atoms with Gasteiger partial charge in [0, 0.05) is 29.7 Å². The Morgan fingerprint density at radius 3 is 2.55 bits per heavy atom. The number of halogens is 1. The van der Waals surface area contributed by atoms with Gasteiger partial charge in [-0.1, -0.05) is 0 Å². The molecule has 0 N–H and O–H groups in total. The third kappa shape index (κ3) is 2.43. The number of carbonyl (C=O) groups is 1. The van der Waals surface area contributed by atoms with Crippen molar-refractivity contribution < 1.29 is 9.21 Å². The quantitative estimate of drug-likeness (QED) is 0.482. The summed E-state index contributed by atoms with van der Waals surface area (Å²) in [6.07, 6.45) is 0.504. The Kier molecular flexibility index (Phi) is 4.45. The fourth-order valence-electron chi connectivity index (χ4n) is 2.32. The summed E-state index contributed by atoms with van der Waals surface area (Å²) in [6.45, 7) is 5.78. The standard InChI is InChI=1S/C15H16ClNO3/c1-3-17(4-2)13-6-5-10-7-11(9-18)15(19)20-14(10)12(13)8-16/h5-7,9H,3-4,8H2,1-2H3. The molecule has 2 aromatic rings. The molecule has 0 aliphatic heterocycles. The minimum absolute atomic E-state index is 0.0219. The van der Waals surface area contributed by atoms with Gasteiger partial charge in [0.2, 0.25) is 0 Å². The molecule has 4 nitrogen and oxygen atoms in total. The highest BCUT2D eigenvalue weighted by molar-refractivity contribution is 6.18. The third-order valence-electron chi connectivity index (χ3n) is 3.37. The number of carbonyl (C=O) groups excluding carboxylic acids is 1. The zero-order valence-electron chi connectivity index (χ0n) is 11.5. The van der Waals surface area contributed by atoms with Crippen molar-refractivity contribution in [2.75, 3.05) is 18.0 Å². The van der Waals surface area contributed by atoms with Crippen LogP contribution in [0, 0.1) is 0 Å². The first-order valence-electron chi connectivity index (χ1n) is 6.52. The topological polar surface area (TPSA) is 50.5 Å². The van der Waals surface area contributed by atoms with E-state index in [1.54, 1.807) is 0 Å². The van der Waals surface area contributed by atoms with Crippen molar-refractivity contribution in [2.24, 2.45) is 0 Å². The van der Waals surface area contributed by atoms with Crippen LogP contribution in [0.2, 0.25) is 0 Å². The van der Waals surface area contributed by atoms with Crippen molar-refractivity contribution in [3.63, 3.8) is 0 Å². The number of fused-ring (bicyclic) bond motifs is 1. The Balaban J connectivity index is 2.76. The monoisotopic (exact) mass is 293 g/mol. The Morgan fingerprint density at radius 1 is 1.30 bits per heavy atom. The van der Waals surface area contributed by atoms with Gasteiger partial charge >= 0.3 is 5.63 Å². The molecule has 0 radical (unpaired) electrons. The first-order chi connectivity index (χ1) is 9.65. The molecule has 0 aliphatic rings.